The van der Waals surface area contributed by atoms with E-state index in [0.29, 0.717) is 13.0 Å². The standard InChI is InChI=1S/C8H15NO2/c1-2-8(10)5-3-4-6-11-7-9/h2H,1,3-7,9H2. The fourth-order valence-corrected chi connectivity index (χ4v) is 0.689. The van der Waals surface area contributed by atoms with Gasteiger partial charge in [-0.05, 0) is 18.9 Å². The third-order valence-corrected chi connectivity index (χ3v) is 1.31. The highest BCUT2D eigenvalue weighted by molar-refractivity contribution is 5.88. The predicted molar refractivity (Wildman–Crippen MR) is 44.1 cm³/mol. The van der Waals surface area contributed by atoms with Crippen molar-refractivity contribution < 1.29 is 9.53 Å². The van der Waals surface area contributed by atoms with E-state index in [1.54, 1.807) is 0 Å². The monoisotopic (exact) mass is 157 g/mol. The Kier molecular flexibility index (Phi) is 6.98. The van der Waals surface area contributed by atoms with E-state index in [0.717, 1.165) is 12.8 Å². The van der Waals surface area contributed by atoms with Crippen molar-refractivity contribution in [3.05, 3.63) is 12.7 Å². The highest BCUT2D eigenvalue weighted by Crippen LogP contribution is 1.96. The molecule has 0 amide bonds. The van der Waals surface area contributed by atoms with Gasteiger partial charge in [0.1, 0.15) is 0 Å². The summed E-state index contributed by atoms with van der Waals surface area (Å²) < 4.78 is 4.89. The number of rotatable bonds is 7. The van der Waals surface area contributed by atoms with Crippen molar-refractivity contribution in [2.45, 2.75) is 19.3 Å². The highest BCUT2D eigenvalue weighted by Gasteiger charge is 1.94. The molecule has 2 N–H and O–H groups in total. The topological polar surface area (TPSA) is 52.3 Å². The number of unbranched alkanes of at least 4 members (excludes halogenated alkanes) is 1. The average Bonchev–Trinajstić information content (AvgIpc) is 2.04. The van der Waals surface area contributed by atoms with Crippen LogP contribution < -0.4 is 5.73 Å². The molecule has 0 unspecified atom stereocenters. The van der Waals surface area contributed by atoms with Gasteiger partial charge in [-0.2, -0.15) is 0 Å². The maximum atomic E-state index is 10.7. The zero-order valence-corrected chi connectivity index (χ0v) is 6.71. The Morgan fingerprint density at radius 2 is 2.27 bits per heavy atom. The van der Waals surface area contributed by atoms with Crippen molar-refractivity contribution in [2.75, 3.05) is 13.3 Å². The van der Waals surface area contributed by atoms with Crippen molar-refractivity contribution in [1.29, 1.82) is 0 Å². The molecule has 64 valence electrons. The van der Waals surface area contributed by atoms with Crippen LogP contribution in [0.1, 0.15) is 19.3 Å². The van der Waals surface area contributed by atoms with Crippen LogP contribution in [0.3, 0.4) is 0 Å². The molecule has 0 saturated carbocycles. The molecule has 0 aromatic heterocycles. The summed E-state index contributed by atoms with van der Waals surface area (Å²) >= 11 is 0. The number of allylic oxidation sites excluding steroid dienone is 1. The van der Waals surface area contributed by atoms with Crippen molar-refractivity contribution in [1.82, 2.24) is 0 Å². The summed E-state index contributed by atoms with van der Waals surface area (Å²) in [5, 5.41) is 0. The maximum absolute atomic E-state index is 10.7. The molecule has 11 heavy (non-hydrogen) atoms. The fraction of sp³-hybridized carbons (Fsp3) is 0.625. The number of ether oxygens (including phenoxy) is 1. The van der Waals surface area contributed by atoms with Crippen LogP contribution in [0.5, 0.6) is 0 Å². The Bertz CT molecular complexity index is 123. The Hall–Kier alpha value is -0.670. The second-order valence-corrected chi connectivity index (χ2v) is 2.20. The van der Waals surface area contributed by atoms with Crippen molar-refractivity contribution >= 4 is 5.78 Å². The zero-order chi connectivity index (χ0) is 8.53. The first kappa shape index (κ1) is 10.3. The molecule has 3 nitrogen and oxygen atoms in total. The summed E-state index contributed by atoms with van der Waals surface area (Å²) in [5.41, 5.74) is 5.09. The lowest BCUT2D eigenvalue weighted by molar-refractivity contribution is -0.114. The van der Waals surface area contributed by atoms with Gasteiger partial charge < -0.3 is 10.5 Å². The van der Waals surface area contributed by atoms with Crippen molar-refractivity contribution in [3.8, 4) is 0 Å². The fourth-order valence-electron chi connectivity index (χ4n) is 0.689. The van der Waals surface area contributed by atoms with Gasteiger partial charge >= 0.3 is 0 Å². The van der Waals surface area contributed by atoms with E-state index < -0.39 is 0 Å². The van der Waals surface area contributed by atoms with Crippen LogP contribution in [-0.4, -0.2) is 19.1 Å². The van der Waals surface area contributed by atoms with E-state index in [-0.39, 0.29) is 12.5 Å². The number of hydrogen-bond acceptors (Lipinski definition) is 3. The summed E-state index contributed by atoms with van der Waals surface area (Å²) in [7, 11) is 0. The zero-order valence-electron chi connectivity index (χ0n) is 6.71. The number of hydrogen-bond donors (Lipinski definition) is 1. The molecular weight excluding hydrogens is 142 g/mol. The van der Waals surface area contributed by atoms with Gasteiger partial charge in [-0.15, -0.1) is 0 Å². The van der Waals surface area contributed by atoms with Crippen LogP contribution in [0.2, 0.25) is 0 Å². The van der Waals surface area contributed by atoms with E-state index in [4.69, 9.17) is 10.5 Å². The van der Waals surface area contributed by atoms with E-state index >= 15 is 0 Å². The predicted octanol–water partition coefficient (Wildman–Crippen LogP) is 0.845. The molecular formula is C8H15NO2. The van der Waals surface area contributed by atoms with E-state index in [1.165, 1.54) is 6.08 Å². The normalized spacial score (nSPS) is 9.55. The summed E-state index contributed by atoms with van der Waals surface area (Å²) in [6, 6.07) is 0. The lowest BCUT2D eigenvalue weighted by Crippen LogP contribution is -2.05. The van der Waals surface area contributed by atoms with E-state index in [9.17, 15) is 4.79 Å². The molecule has 0 spiro atoms. The first-order valence-electron chi connectivity index (χ1n) is 3.74. The largest absolute Gasteiger partial charge is 0.367 e. The lowest BCUT2D eigenvalue weighted by Gasteiger charge is -1.98. The van der Waals surface area contributed by atoms with Crippen LogP contribution in [0.15, 0.2) is 12.7 Å². The maximum Gasteiger partial charge on any atom is 0.155 e. The van der Waals surface area contributed by atoms with Gasteiger partial charge in [0.2, 0.25) is 0 Å². The first-order valence-corrected chi connectivity index (χ1v) is 3.74. The van der Waals surface area contributed by atoms with Gasteiger partial charge in [-0.1, -0.05) is 6.58 Å². The molecule has 0 aromatic rings. The Balaban J connectivity index is 3.01. The van der Waals surface area contributed by atoms with Gasteiger partial charge in [-0.25, -0.2) is 0 Å². The molecule has 3 heteroatoms. The molecule has 0 aliphatic rings. The van der Waals surface area contributed by atoms with Gasteiger partial charge in [0.05, 0.1) is 6.73 Å². The molecule has 0 aliphatic heterocycles. The lowest BCUT2D eigenvalue weighted by atomic mass is 10.2. The average molecular weight is 157 g/mol. The molecule has 0 rings (SSSR count). The number of carbonyl (C=O) groups is 1. The second-order valence-electron chi connectivity index (χ2n) is 2.20. The molecule has 0 bridgehead atoms. The quantitative estimate of drug-likeness (QED) is 0.338. The third kappa shape index (κ3) is 7.22. The molecule has 0 aliphatic carbocycles. The van der Waals surface area contributed by atoms with Crippen LogP contribution in [-0.2, 0) is 9.53 Å². The Morgan fingerprint density at radius 3 is 2.82 bits per heavy atom. The SMILES string of the molecule is C=CC(=O)CCCCOCN. The molecule has 0 fully saturated rings. The Labute approximate surface area is 67.2 Å². The third-order valence-electron chi connectivity index (χ3n) is 1.31. The van der Waals surface area contributed by atoms with Crippen LogP contribution in [0.4, 0.5) is 0 Å². The van der Waals surface area contributed by atoms with Crippen molar-refractivity contribution in [2.24, 2.45) is 5.73 Å². The van der Waals surface area contributed by atoms with Crippen LogP contribution in [0.25, 0.3) is 0 Å². The minimum Gasteiger partial charge on any atom is -0.367 e. The summed E-state index contributed by atoms with van der Waals surface area (Å²) in [6.45, 7) is 4.27. The highest BCUT2D eigenvalue weighted by atomic mass is 16.5. The minimum absolute atomic E-state index is 0.0951. The molecule has 0 atom stereocenters. The summed E-state index contributed by atoms with van der Waals surface area (Å²) in [6.07, 6.45) is 3.66. The van der Waals surface area contributed by atoms with Crippen molar-refractivity contribution in [3.63, 3.8) is 0 Å². The molecule has 0 radical (unpaired) electrons. The second kappa shape index (κ2) is 7.44. The Morgan fingerprint density at radius 1 is 1.55 bits per heavy atom. The number of ketones is 1. The molecule has 0 heterocycles. The van der Waals surface area contributed by atoms with Gasteiger partial charge in [0.25, 0.3) is 0 Å². The van der Waals surface area contributed by atoms with Gasteiger partial charge in [0, 0.05) is 13.0 Å². The van der Waals surface area contributed by atoms with E-state index in [1.807, 2.05) is 0 Å². The van der Waals surface area contributed by atoms with E-state index in [2.05, 4.69) is 6.58 Å². The molecule has 0 aromatic carbocycles. The molecule has 0 saturated heterocycles. The summed E-state index contributed by atoms with van der Waals surface area (Å²) in [5.74, 6) is 0.0951. The summed E-state index contributed by atoms with van der Waals surface area (Å²) in [4.78, 5) is 10.7. The van der Waals surface area contributed by atoms with Crippen LogP contribution >= 0.6 is 0 Å². The van der Waals surface area contributed by atoms with Gasteiger partial charge in [0.15, 0.2) is 5.78 Å². The number of nitrogens with two attached hydrogens (primary N) is 1. The minimum atomic E-state index is 0.0951. The smallest absolute Gasteiger partial charge is 0.155 e. The number of carbonyl (C=O) groups excluding carboxylic acids is 1. The first-order chi connectivity index (χ1) is 5.31. The van der Waals surface area contributed by atoms with Crippen LogP contribution in [0, 0.1) is 0 Å². The van der Waals surface area contributed by atoms with Gasteiger partial charge in [-0.3, -0.25) is 4.79 Å².